The molecule has 0 N–H and O–H groups in total. The highest BCUT2D eigenvalue weighted by Gasteiger charge is 2.08. The van der Waals surface area contributed by atoms with Crippen LogP contribution in [-0.4, -0.2) is 0 Å². The van der Waals surface area contributed by atoms with Gasteiger partial charge in [0, 0.05) is 8.27 Å². The maximum atomic E-state index is 2.46. The summed E-state index contributed by atoms with van der Waals surface area (Å²) in [6.07, 6.45) is 2.27. The summed E-state index contributed by atoms with van der Waals surface area (Å²) in [6.45, 7) is 4.47. The molecule has 74 valence electrons. The zero-order chi connectivity index (χ0) is 10.1. The van der Waals surface area contributed by atoms with Crippen molar-refractivity contribution < 1.29 is 0 Å². The van der Waals surface area contributed by atoms with Gasteiger partial charge in [0.05, 0.1) is 0 Å². The molecule has 1 aromatic heterocycles. The molecule has 0 aliphatic heterocycles. The number of thiophene rings is 1. The Hall–Kier alpha value is -0.0900. The predicted molar refractivity (Wildman–Crippen MR) is 73.3 cm³/mol. The quantitative estimate of drug-likeness (QED) is 0.709. The lowest BCUT2D eigenvalue weighted by Crippen LogP contribution is -1.90. The molecular weight excluding hydrogens is 303 g/mol. The van der Waals surface area contributed by atoms with Gasteiger partial charge in [-0.05, 0) is 69.5 Å². The van der Waals surface area contributed by atoms with Crippen molar-refractivity contribution in [1.29, 1.82) is 0 Å². The molecule has 0 amide bonds. The third-order valence-electron chi connectivity index (χ3n) is 2.61. The SMILES string of the molecule is CCc1c(I)cc(CC)c2sccc12. The minimum atomic E-state index is 1.13. The summed E-state index contributed by atoms with van der Waals surface area (Å²) in [5.74, 6) is 0. The van der Waals surface area contributed by atoms with Crippen LogP contribution >= 0.6 is 33.9 Å². The summed E-state index contributed by atoms with van der Waals surface area (Å²) < 4.78 is 2.91. The van der Waals surface area contributed by atoms with Gasteiger partial charge >= 0.3 is 0 Å². The van der Waals surface area contributed by atoms with E-state index >= 15 is 0 Å². The number of rotatable bonds is 2. The van der Waals surface area contributed by atoms with Gasteiger partial charge in [-0.1, -0.05) is 13.8 Å². The molecule has 0 aliphatic rings. The largest absolute Gasteiger partial charge is 0.144 e. The Kier molecular flexibility index (Phi) is 3.12. The summed E-state index contributed by atoms with van der Waals surface area (Å²) in [5, 5.41) is 3.68. The lowest BCUT2D eigenvalue weighted by molar-refractivity contribution is 1.12. The molecule has 0 unspecified atom stereocenters. The zero-order valence-electron chi connectivity index (χ0n) is 8.43. The van der Waals surface area contributed by atoms with Crippen LogP contribution in [0.4, 0.5) is 0 Å². The van der Waals surface area contributed by atoms with Crippen molar-refractivity contribution in [2.24, 2.45) is 0 Å². The van der Waals surface area contributed by atoms with Gasteiger partial charge in [-0.3, -0.25) is 0 Å². The fraction of sp³-hybridized carbons (Fsp3) is 0.333. The van der Waals surface area contributed by atoms with Crippen LogP contribution in [0.25, 0.3) is 10.1 Å². The zero-order valence-corrected chi connectivity index (χ0v) is 11.4. The molecule has 0 fully saturated rings. The number of aryl methyl sites for hydroxylation is 2. The molecule has 0 spiro atoms. The van der Waals surface area contributed by atoms with E-state index in [1.807, 2.05) is 11.3 Å². The first-order valence-corrected chi connectivity index (χ1v) is 6.91. The molecule has 1 heterocycles. The van der Waals surface area contributed by atoms with Crippen LogP contribution in [0.1, 0.15) is 25.0 Å². The number of hydrogen-bond acceptors (Lipinski definition) is 1. The van der Waals surface area contributed by atoms with Crippen LogP contribution in [0.15, 0.2) is 17.5 Å². The third-order valence-corrected chi connectivity index (χ3v) is 4.56. The van der Waals surface area contributed by atoms with Crippen molar-refractivity contribution in [2.45, 2.75) is 26.7 Å². The third kappa shape index (κ3) is 1.58. The van der Waals surface area contributed by atoms with Crippen molar-refractivity contribution in [3.8, 4) is 0 Å². The molecule has 0 saturated heterocycles. The van der Waals surface area contributed by atoms with Crippen molar-refractivity contribution in [3.63, 3.8) is 0 Å². The van der Waals surface area contributed by atoms with Crippen molar-refractivity contribution in [3.05, 3.63) is 32.2 Å². The lowest BCUT2D eigenvalue weighted by Gasteiger charge is -2.07. The molecule has 1 aromatic carbocycles. The first kappa shape index (κ1) is 10.4. The Bertz CT molecular complexity index is 457. The maximum Gasteiger partial charge on any atom is 0.0378 e. The second-order valence-electron chi connectivity index (χ2n) is 3.37. The number of halogens is 1. The topological polar surface area (TPSA) is 0 Å². The van der Waals surface area contributed by atoms with Crippen LogP contribution in [0.2, 0.25) is 0 Å². The number of hydrogen-bond donors (Lipinski definition) is 0. The second-order valence-corrected chi connectivity index (χ2v) is 5.44. The Morgan fingerprint density at radius 1 is 1.29 bits per heavy atom. The summed E-state index contributed by atoms with van der Waals surface area (Å²) in [4.78, 5) is 0. The fourth-order valence-corrected chi connectivity index (χ4v) is 3.91. The standard InChI is InChI=1S/C12H13IS/c1-3-8-7-11(13)9(4-2)10-5-6-14-12(8)10/h5-7H,3-4H2,1-2H3. The minimum absolute atomic E-state index is 1.13. The van der Waals surface area contributed by atoms with Gasteiger partial charge in [-0.25, -0.2) is 0 Å². The highest BCUT2D eigenvalue weighted by molar-refractivity contribution is 14.1. The Labute approximate surface area is 102 Å². The van der Waals surface area contributed by atoms with Gasteiger partial charge in [-0.2, -0.15) is 0 Å². The Morgan fingerprint density at radius 3 is 2.71 bits per heavy atom. The minimum Gasteiger partial charge on any atom is -0.144 e. The normalized spacial score (nSPS) is 11.1. The average Bonchev–Trinajstić information content (AvgIpc) is 2.65. The predicted octanol–water partition coefficient (Wildman–Crippen LogP) is 4.63. The van der Waals surface area contributed by atoms with Gasteiger partial charge in [0.15, 0.2) is 0 Å². The van der Waals surface area contributed by atoms with E-state index in [4.69, 9.17) is 0 Å². The van der Waals surface area contributed by atoms with Crippen molar-refractivity contribution >= 4 is 44.0 Å². The van der Waals surface area contributed by atoms with Gasteiger partial charge in [0.2, 0.25) is 0 Å². The van der Waals surface area contributed by atoms with E-state index in [0.717, 1.165) is 12.8 Å². The highest BCUT2D eigenvalue weighted by atomic mass is 127. The van der Waals surface area contributed by atoms with E-state index in [2.05, 4.69) is 54.0 Å². The monoisotopic (exact) mass is 316 g/mol. The van der Waals surface area contributed by atoms with Gasteiger partial charge in [0.25, 0.3) is 0 Å². The average molecular weight is 316 g/mol. The summed E-state index contributed by atoms with van der Waals surface area (Å²) in [5.41, 5.74) is 3.01. The fourth-order valence-electron chi connectivity index (χ4n) is 1.85. The molecule has 2 aromatic rings. The first-order chi connectivity index (χ1) is 6.77. The lowest BCUT2D eigenvalue weighted by atomic mass is 10.0. The van der Waals surface area contributed by atoms with Crippen LogP contribution < -0.4 is 0 Å². The molecule has 0 aliphatic carbocycles. The molecule has 0 atom stereocenters. The van der Waals surface area contributed by atoms with Gasteiger partial charge < -0.3 is 0 Å². The molecular formula is C12H13IS. The summed E-state index contributed by atoms with van der Waals surface area (Å²) in [6, 6.07) is 4.61. The first-order valence-electron chi connectivity index (χ1n) is 4.95. The molecule has 0 saturated carbocycles. The van der Waals surface area contributed by atoms with E-state index in [1.165, 1.54) is 24.8 Å². The van der Waals surface area contributed by atoms with Gasteiger partial charge in [-0.15, -0.1) is 11.3 Å². The van der Waals surface area contributed by atoms with Crippen LogP contribution in [0.5, 0.6) is 0 Å². The van der Waals surface area contributed by atoms with Crippen molar-refractivity contribution in [2.75, 3.05) is 0 Å². The molecule has 0 bridgehead atoms. The molecule has 0 nitrogen and oxygen atoms in total. The Balaban J connectivity index is 2.81. The van der Waals surface area contributed by atoms with Crippen LogP contribution in [0, 0.1) is 3.57 Å². The summed E-state index contributed by atoms with van der Waals surface area (Å²) in [7, 11) is 0. The number of fused-ring (bicyclic) bond motifs is 1. The van der Waals surface area contributed by atoms with E-state index in [1.54, 1.807) is 0 Å². The summed E-state index contributed by atoms with van der Waals surface area (Å²) >= 11 is 4.33. The smallest absolute Gasteiger partial charge is 0.0378 e. The Morgan fingerprint density at radius 2 is 2.07 bits per heavy atom. The van der Waals surface area contributed by atoms with Crippen molar-refractivity contribution in [1.82, 2.24) is 0 Å². The van der Waals surface area contributed by atoms with Crippen LogP contribution in [-0.2, 0) is 12.8 Å². The van der Waals surface area contributed by atoms with E-state index in [-0.39, 0.29) is 0 Å². The van der Waals surface area contributed by atoms with Crippen LogP contribution in [0.3, 0.4) is 0 Å². The van der Waals surface area contributed by atoms with Gasteiger partial charge in [0.1, 0.15) is 0 Å². The molecule has 2 rings (SSSR count). The van der Waals surface area contributed by atoms with E-state index in [0.29, 0.717) is 0 Å². The van der Waals surface area contributed by atoms with E-state index < -0.39 is 0 Å². The number of benzene rings is 1. The molecule has 14 heavy (non-hydrogen) atoms. The molecule has 0 radical (unpaired) electrons. The second kappa shape index (κ2) is 4.19. The van der Waals surface area contributed by atoms with E-state index in [9.17, 15) is 0 Å². The maximum absolute atomic E-state index is 2.46. The molecule has 2 heteroatoms. The highest BCUT2D eigenvalue weighted by Crippen LogP contribution is 2.32.